The fourth-order valence-corrected chi connectivity index (χ4v) is 4.63. The lowest BCUT2D eigenvalue weighted by atomic mass is 10.1. The molecule has 160 valence electrons. The summed E-state index contributed by atoms with van der Waals surface area (Å²) in [7, 11) is 0. The first kappa shape index (κ1) is 20.9. The Hall–Kier alpha value is -3.32. The Morgan fingerprint density at radius 1 is 1.06 bits per heavy atom. The monoisotopic (exact) mass is 435 g/mol. The van der Waals surface area contributed by atoms with Crippen molar-refractivity contribution in [1.82, 2.24) is 5.32 Å². The predicted molar refractivity (Wildman–Crippen MR) is 124 cm³/mol. The number of hydrogen-bond acceptors (Lipinski definition) is 5. The molecule has 1 aliphatic heterocycles. The maximum atomic E-state index is 12.5. The van der Waals surface area contributed by atoms with Gasteiger partial charge in [-0.15, -0.1) is 11.3 Å². The highest BCUT2D eigenvalue weighted by atomic mass is 32.1. The van der Waals surface area contributed by atoms with Crippen molar-refractivity contribution in [3.63, 3.8) is 0 Å². The van der Waals surface area contributed by atoms with Gasteiger partial charge in [-0.3, -0.25) is 9.59 Å². The first-order chi connectivity index (χ1) is 15.2. The van der Waals surface area contributed by atoms with Crippen molar-refractivity contribution in [3.8, 4) is 5.75 Å². The van der Waals surface area contributed by atoms with E-state index in [0.717, 1.165) is 23.6 Å². The van der Waals surface area contributed by atoms with Gasteiger partial charge in [0.05, 0.1) is 12.6 Å². The normalized spacial score (nSPS) is 13.4. The number of para-hydroxylation sites is 1. The molecule has 2 N–H and O–H groups in total. The summed E-state index contributed by atoms with van der Waals surface area (Å²) in [5.41, 5.74) is 3.05. The van der Waals surface area contributed by atoms with Crippen molar-refractivity contribution in [2.45, 2.75) is 19.4 Å². The summed E-state index contributed by atoms with van der Waals surface area (Å²) >= 11 is 1.66. The van der Waals surface area contributed by atoms with Crippen LogP contribution in [0, 0.1) is 0 Å². The molecule has 6 nitrogen and oxygen atoms in total. The Kier molecular flexibility index (Phi) is 6.52. The number of rotatable bonds is 7. The lowest BCUT2D eigenvalue weighted by molar-refractivity contribution is -0.136. The third-order valence-corrected chi connectivity index (χ3v) is 6.23. The molecule has 0 radical (unpaired) electrons. The Bertz CT molecular complexity index is 1030. The first-order valence-electron chi connectivity index (χ1n) is 10.4. The quantitative estimate of drug-likeness (QED) is 0.550. The largest absolute Gasteiger partial charge is 0.494 e. The first-order valence-corrected chi connectivity index (χ1v) is 11.2. The number of anilines is 2. The summed E-state index contributed by atoms with van der Waals surface area (Å²) in [5.74, 6) is -0.617. The van der Waals surface area contributed by atoms with Crippen LogP contribution in [0.3, 0.4) is 0 Å². The summed E-state index contributed by atoms with van der Waals surface area (Å²) in [6.45, 7) is 3.71. The van der Waals surface area contributed by atoms with Crippen LogP contribution >= 0.6 is 11.3 Å². The Morgan fingerprint density at radius 3 is 2.61 bits per heavy atom. The van der Waals surface area contributed by atoms with Crippen LogP contribution in [0.25, 0.3) is 0 Å². The van der Waals surface area contributed by atoms with Crippen molar-refractivity contribution in [1.29, 1.82) is 0 Å². The number of ether oxygens (including phenoxy) is 1. The lowest BCUT2D eigenvalue weighted by Crippen LogP contribution is -2.41. The zero-order chi connectivity index (χ0) is 21.6. The van der Waals surface area contributed by atoms with Crippen LogP contribution in [-0.2, 0) is 16.0 Å². The molecule has 0 aliphatic carbocycles. The minimum Gasteiger partial charge on any atom is -0.494 e. The number of thiophene rings is 1. The van der Waals surface area contributed by atoms with Crippen molar-refractivity contribution >= 4 is 34.5 Å². The van der Waals surface area contributed by atoms with Gasteiger partial charge >= 0.3 is 11.8 Å². The minimum absolute atomic E-state index is 0.0223. The summed E-state index contributed by atoms with van der Waals surface area (Å²) in [6, 6.07) is 19.3. The second kappa shape index (κ2) is 9.66. The molecule has 1 aromatic heterocycles. The van der Waals surface area contributed by atoms with Gasteiger partial charge in [-0.2, -0.15) is 0 Å². The average Bonchev–Trinajstić information content (AvgIpc) is 3.46. The molecular formula is C24H25N3O3S. The van der Waals surface area contributed by atoms with Crippen LogP contribution in [0.5, 0.6) is 5.75 Å². The fraction of sp³-hybridized carbons (Fsp3) is 0.250. The molecule has 0 spiro atoms. The smallest absolute Gasteiger partial charge is 0.313 e. The van der Waals surface area contributed by atoms with E-state index in [1.807, 2.05) is 24.4 Å². The van der Waals surface area contributed by atoms with Gasteiger partial charge in [0.1, 0.15) is 5.75 Å². The second-order valence-corrected chi connectivity index (χ2v) is 8.20. The number of benzene rings is 2. The van der Waals surface area contributed by atoms with E-state index in [2.05, 4.69) is 39.8 Å². The second-order valence-electron chi connectivity index (χ2n) is 7.22. The van der Waals surface area contributed by atoms with Crippen LogP contribution in [0.15, 0.2) is 66.0 Å². The summed E-state index contributed by atoms with van der Waals surface area (Å²) in [5, 5.41) is 7.49. The van der Waals surface area contributed by atoms with Crippen LogP contribution in [-0.4, -0.2) is 31.5 Å². The highest BCUT2D eigenvalue weighted by Crippen LogP contribution is 2.36. The molecule has 0 saturated carbocycles. The number of amides is 2. The number of carbonyl (C=O) groups excluding carboxylic acids is 2. The van der Waals surface area contributed by atoms with Crippen LogP contribution in [0.4, 0.5) is 11.4 Å². The molecular weight excluding hydrogens is 410 g/mol. The highest BCUT2D eigenvalue weighted by molar-refractivity contribution is 7.10. The van der Waals surface area contributed by atoms with Crippen molar-refractivity contribution in [2.24, 2.45) is 0 Å². The Morgan fingerprint density at radius 2 is 1.87 bits per heavy atom. The van der Waals surface area contributed by atoms with Gasteiger partial charge in [0, 0.05) is 29.3 Å². The van der Waals surface area contributed by atoms with Gasteiger partial charge in [0.2, 0.25) is 0 Å². The molecule has 2 heterocycles. The lowest BCUT2D eigenvalue weighted by Gasteiger charge is -2.30. The van der Waals surface area contributed by atoms with Crippen LogP contribution < -0.4 is 20.3 Å². The third kappa shape index (κ3) is 4.88. The number of nitrogens with zero attached hydrogens (tertiary/aromatic N) is 1. The van der Waals surface area contributed by atoms with Gasteiger partial charge in [-0.1, -0.05) is 24.3 Å². The predicted octanol–water partition coefficient (Wildman–Crippen LogP) is 4.01. The van der Waals surface area contributed by atoms with Crippen LogP contribution in [0.2, 0.25) is 0 Å². The summed E-state index contributed by atoms with van der Waals surface area (Å²) in [4.78, 5) is 28.3. The highest BCUT2D eigenvalue weighted by Gasteiger charge is 2.28. The number of hydrogen-bond donors (Lipinski definition) is 2. The molecule has 0 unspecified atom stereocenters. The van der Waals surface area contributed by atoms with Crippen molar-refractivity contribution in [2.75, 3.05) is 29.9 Å². The van der Waals surface area contributed by atoms with E-state index in [1.165, 1.54) is 11.3 Å². The van der Waals surface area contributed by atoms with Crippen LogP contribution in [0.1, 0.15) is 23.4 Å². The summed E-state index contributed by atoms with van der Waals surface area (Å²) < 4.78 is 5.39. The van der Waals surface area contributed by atoms with Gasteiger partial charge in [0.25, 0.3) is 0 Å². The SMILES string of the molecule is CCOc1ccc(NC(=O)C(=O)NC[C@H](c2cccs2)N2CCc3ccccc32)cc1. The van der Waals surface area contributed by atoms with E-state index in [1.54, 1.807) is 35.6 Å². The van der Waals surface area contributed by atoms with Crippen molar-refractivity contribution in [3.05, 3.63) is 76.5 Å². The van der Waals surface area contributed by atoms with E-state index in [9.17, 15) is 9.59 Å². The van der Waals surface area contributed by atoms with Gasteiger partial charge in [0.15, 0.2) is 0 Å². The van der Waals surface area contributed by atoms with E-state index in [0.29, 0.717) is 18.8 Å². The molecule has 1 aliphatic rings. The maximum absolute atomic E-state index is 12.5. The molecule has 0 fully saturated rings. The number of fused-ring (bicyclic) bond motifs is 1. The molecule has 3 aromatic rings. The molecule has 31 heavy (non-hydrogen) atoms. The number of nitrogens with one attached hydrogen (secondary N) is 2. The van der Waals surface area contributed by atoms with Gasteiger partial charge in [-0.25, -0.2) is 0 Å². The minimum atomic E-state index is -0.684. The standard InChI is InChI=1S/C24H25N3O3S/c1-2-30-19-11-9-18(10-12-19)26-24(29)23(28)25-16-21(22-8-5-15-31-22)27-14-13-17-6-3-4-7-20(17)27/h3-12,15,21H,2,13-14,16H2,1H3,(H,25,28)(H,26,29)/t21-/m1/s1. The maximum Gasteiger partial charge on any atom is 0.313 e. The van der Waals surface area contributed by atoms with Crippen molar-refractivity contribution < 1.29 is 14.3 Å². The zero-order valence-electron chi connectivity index (χ0n) is 17.3. The number of carbonyl (C=O) groups is 2. The van der Waals surface area contributed by atoms with E-state index < -0.39 is 11.8 Å². The average molecular weight is 436 g/mol. The Labute approximate surface area is 185 Å². The summed E-state index contributed by atoms with van der Waals surface area (Å²) in [6.07, 6.45) is 0.976. The molecule has 7 heteroatoms. The third-order valence-electron chi connectivity index (χ3n) is 5.26. The molecule has 2 amide bonds. The molecule has 0 bridgehead atoms. The fourth-order valence-electron chi connectivity index (χ4n) is 3.79. The van der Waals surface area contributed by atoms with Gasteiger partial charge in [-0.05, 0) is 60.7 Å². The van der Waals surface area contributed by atoms with Gasteiger partial charge < -0.3 is 20.3 Å². The Balaban J connectivity index is 1.40. The molecule has 1 atom stereocenters. The molecule has 2 aromatic carbocycles. The van der Waals surface area contributed by atoms with E-state index >= 15 is 0 Å². The molecule has 0 saturated heterocycles. The molecule has 4 rings (SSSR count). The van der Waals surface area contributed by atoms with E-state index in [4.69, 9.17) is 4.74 Å². The zero-order valence-corrected chi connectivity index (χ0v) is 18.2. The topological polar surface area (TPSA) is 70.7 Å². The van der Waals surface area contributed by atoms with E-state index in [-0.39, 0.29) is 6.04 Å².